The maximum absolute atomic E-state index is 14.2. The molecule has 0 aromatic heterocycles. The normalized spacial score (nSPS) is 12.3. The Morgan fingerprint density at radius 2 is 1.60 bits per heavy atom. The van der Waals surface area contributed by atoms with Crippen molar-refractivity contribution in [2.45, 2.75) is 45.5 Å². The minimum absolute atomic E-state index is 0.0538. The fourth-order valence-electron chi connectivity index (χ4n) is 1.84. The van der Waals surface area contributed by atoms with E-state index in [0.29, 0.717) is 0 Å². The van der Waals surface area contributed by atoms with Gasteiger partial charge in [0.1, 0.15) is 12.4 Å². The molecule has 0 bridgehead atoms. The molecule has 0 amide bonds. The molecule has 0 aliphatic heterocycles. The van der Waals surface area contributed by atoms with Gasteiger partial charge in [0.15, 0.2) is 11.6 Å². The highest BCUT2D eigenvalue weighted by atomic mass is 19.2. The van der Waals surface area contributed by atoms with E-state index in [1.807, 2.05) is 30.3 Å². The van der Waals surface area contributed by atoms with E-state index in [2.05, 4.69) is 0 Å². The zero-order valence-corrected chi connectivity index (χ0v) is 14.8. The van der Waals surface area contributed by atoms with E-state index in [0.717, 1.165) is 13.0 Å². The van der Waals surface area contributed by atoms with Crippen LogP contribution in [-0.2, 0) is 11.3 Å². The van der Waals surface area contributed by atoms with Gasteiger partial charge in [-0.25, -0.2) is 9.85 Å². The molecule has 2 rings (SSSR count). The molecule has 0 saturated carbocycles. The average molecular weight is 347 g/mol. The Labute approximate surface area is 147 Å². The molecule has 0 aliphatic carbocycles. The van der Waals surface area contributed by atoms with Crippen molar-refractivity contribution in [3.8, 4) is 5.75 Å². The molecule has 0 atom stereocenters. The van der Waals surface area contributed by atoms with Crippen LogP contribution in [0.25, 0.3) is 0 Å². The van der Waals surface area contributed by atoms with Crippen LogP contribution in [0.5, 0.6) is 5.75 Å². The van der Waals surface area contributed by atoms with E-state index in [1.54, 1.807) is 27.7 Å². The first kappa shape index (κ1) is 19.4. The number of hydrogen-bond donors (Lipinski definition) is 1. The van der Waals surface area contributed by atoms with E-state index < -0.39 is 22.8 Å². The van der Waals surface area contributed by atoms with E-state index in [-0.39, 0.29) is 17.8 Å². The van der Waals surface area contributed by atoms with E-state index in [9.17, 15) is 13.9 Å². The first-order valence-electron chi connectivity index (χ1n) is 8.00. The van der Waals surface area contributed by atoms with Crippen molar-refractivity contribution < 1.29 is 23.3 Å². The van der Waals surface area contributed by atoms with Gasteiger partial charge in [-0.15, -0.1) is 7.48 Å². The Morgan fingerprint density at radius 3 is 2.20 bits per heavy atom. The smallest absolute Gasteiger partial charge is 0.197 e. The van der Waals surface area contributed by atoms with Crippen LogP contribution >= 0.6 is 0 Å². The lowest BCUT2D eigenvalue weighted by molar-refractivity contribution is -0.0893. The van der Waals surface area contributed by atoms with Gasteiger partial charge in [0.05, 0.1) is 5.60 Å². The Hall–Kier alpha value is -1.92. The molecule has 0 fully saturated rings. The van der Waals surface area contributed by atoms with Crippen molar-refractivity contribution in [1.29, 1.82) is 0 Å². The largest absolute Gasteiger partial charge is 0.649 e. The monoisotopic (exact) mass is 347 g/mol. The van der Waals surface area contributed by atoms with Gasteiger partial charge in [0.25, 0.3) is 0 Å². The first-order valence-corrected chi connectivity index (χ1v) is 8.00. The van der Waals surface area contributed by atoms with Gasteiger partial charge >= 0.3 is 0 Å². The Balaban J connectivity index is 2.07. The molecule has 1 N–H and O–H groups in total. The molecule has 0 spiro atoms. The van der Waals surface area contributed by atoms with Crippen LogP contribution in [0, 0.1) is 11.6 Å². The van der Waals surface area contributed by atoms with Crippen molar-refractivity contribution in [2.24, 2.45) is 0 Å². The van der Waals surface area contributed by atoms with E-state index in [4.69, 9.17) is 9.39 Å². The van der Waals surface area contributed by atoms with Gasteiger partial charge in [-0.3, -0.25) is 0 Å². The van der Waals surface area contributed by atoms with Crippen molar-refractivity contribution >= 4 is 12.9 Å². The Bertz CT molecular complexity index is 713. The molecule has 25 heavy (non-hydrogen) atoms. The SMILES string of the molecule is CC(C)(O)C(C)(C)O[B-]c1ccc(OCc2ccccc2)c(F)c1F. The highest BCUT2D eigenvalue weighted by molar-refractivity contribution is 6.47. The van der Waals surface area contributed by atoms with Crippen LogP contribution in [0.3, 0.4) is 0 Å². The number of hydrogen-bond acceptors (Lipinski definition) is 3. The van der Waals surface area contributed by atoms with Crippen molar-refractivity contribution in [2.75, 3.05) is 0 Å². The van der Waals surface area contributed by atoms with Crippen LogP contribution in [0.4, 0.5) is 8.78 Å². The Kier molecular flexibility index (Phi) is 5.85. The predicted molar refractivity (Wildman–Crippen MR) is 94.0 cm³/mol. The van der Waals surface area contributed by atoms with Gasteiger partial charge in [0.2, 0.25) is 0 Å². The highest BCUT2D eigenvalue weighted by Gasteiger charge is 2.32. The second-order valence-electron chi connectivity index (χ2n) is 6.86. The summed E-state index contributed by atoms with van der Waals surface area (Å²) in [5.74, 6) is -2.30. The van der Waals surface area contributed by atoms with Crippen LogP contribution in [0.15, 0.2) is 42.5 Å². The summed E-state index contributed by atoms with van der Waals surface area (Å²) in [6, 6.07) is 12.0. The predicted octanol–water partition coefficient (Wildman–Crippen LogP) is 3.35. The summed E-state index contributed by atoms with van der Waals surface area (Å²) < 4.78 is 39.2. The molecule has 6 heteroatoms. The second-order valence-corrected chi connectivity index (χ2v) is 6.86. The highest BCUT2D eigenvalue weighted by Crippen LogP contribution is 2.25. The third-order valence-corrected chi connectivity index (χ3v) is 4.27. The van der Waals surface area contributed by atoms with Gasteiger partial charge < -0.3 is 14.5 Å². The molecule has 0 unspecified atom stereocenters. The quantitative estimate of drug-likeness (QED) is 0.781. The lowest BCUT2D eigenvalue weighted by Crippen LogP contribution is -2.49. The van der Waals surface area contributed by atoms with Crippen LogP contribution in [0.2, 0.25) is 0 Å². The molecule has 0 aliphatic rings. The summed E-state index contributed by atoms with van der Waals surface area (Å²) in [4.78, 5) is 0. The first-order chi connectivity index (χ1) is 11.6. The average Bonchev–Trinajstić information content (AvgIpc) is 2.55. The van der Waals surface area contributed by atoms with E-state index >= 15 is 0 Å². The molecular formula is C19H22BF2O3-. The lowest BCUT2D eigenvalue weighted by Gasteiger charge is -2.45. The van der Waals surface area contributed by atoms with Crippen LogP contribution in [-0.4, -0.2) is 23.8 Å². The molecular weight excluding hydrogens is 325 g/mol. The minimum atomic E-state index is -1.16. The topological polar surface area (TPSA) is 38.7 Å². The molecule has 0 saturated heterocycles. The molecule has 2 aromatic rings. The van der Waals surface area contributed by atoms with Gasteiger partial charge in [-0.1, -0.05) is 36.4 Å². The number of aliphatic hydroxyl groups is 1. The fourth-order valence-corrected chi connectivity index (χ4v) is 1.84. The van der Waals surface area contributed by atoms with Gasteiger partial charge in [0, 0.05) is 5.60 Å². The maximum Gasteiger partial charge on any atom is 0.197 e. The summed E-state index contributed by atoms with van der Waals surface area (Å²) in [6.45, 7) is 6.63. The van der Waals surface area contributed by atoms with Crippen molar-refractivity contribution in [3.05, 3.63) is 59.7 Å². The number of benzene rings is 2. The summed E-state index contributed by atoms with van der Waals surface area (Å²) in [7, 11) is 1.11. The summed E-state index contributed by atoms with van der Waals surface area (Å²) >= 11 is 0. The third-order valence-electron chi connectivity index (χ3n) is 4.27. The molecule has 134 valence electrons. The maximum atomic E-state index is 14.2. The van der Waals surface area contributed by atoms with Crippen LogP contribution in [0.1, 0.15) is 33.3 Å². The molecule has 2 aromatic carbocycles. The minimum Gasteiger partial charge on any atom is -0.649 e. The molecule has 3 nitrogen and oxygen atoms in total. The van der Waals surface area contributed by atoms with Crippen LogP contribution < -0.4 is 10.2 Å². The molecule has 2 radical (unpaired) electrons. The summed E-state index contributed by atoms with van der Waals surface area (Å²) in [5.41, 5.74) is -1.33. The van der Waals surface area contributed by atoms with Crippen molar-refractivity contribution in [3.63, 3.8) is 0 Å². The standard InChI is InChI=1S/C19H22BF2O3/c1-18(2,23)19(3,4)25-20-14-10-11-15(17(22)16(14)21)24-12-13-8-6-5-7-9-13/h5-11,23H,12H2,1-4H3/q-1. The lowest BCUT2D eigenvalue weighted by atomic mass is 9.82. The number of rotatable bonds is 7. The molecule has 0 heterocycles. The summed E-state index contributed by atoms with van der Waals surface area (Å²) in [5, 5.41) is 10.0. The van der Waals surface area contributed by atoms with Gasteiger partial charge in [-0.2, -0.15) is 4.39 Å². The van der Waals surface area contributed by atoms with Gasteiger partial charge in [-0.05, 0) is 39.3 Å². The number of halogens is 2. The zero-order valence-electron chi connectivity index (χ0n) is 14.8. The zero-order chi connectivity index (χ0) is 18.7. The Morgan fingerprint density at radius 1 is 0.960 bits per heavy atom. The fraction of sp³-hybridized carbons (Fsp3) is 0.368. The van der Waals surface area contributed by atoms with Crippen molar-refractivity contribution in [1.82, 2.24) is 0 Å². The van der Waals surface area contributed by atoms with E-state index in [1.165, 1.54) is 12.1 Å². The number of ether oxygens (including phenoxy) is 1. The summed E-state index contributed by atoms with van der Waals surface area (Å²) in [6.07, 6.45) is 0. The second kappa shape index (κ2) is 7.54. The third kappa shape index (κ3) is 4.80.